The number of halogens is 10. The molecule has 147 heavy (non-hydrogen) atoms. The van der Waals surface area contributed by atoms with Crippen molar-refractivity contribution in [2.45, 2.75) is 80.3 Å². The van der Waals surface area contributed by atoms with Crippen LogP contribution in [0, 0.1) is 0 Å². The van der Waals surface area contributed by atoms with Crippen LogP contribution in [0.2, 0.25) is 0 Å². The molecule has 742 valence electrons. The number of carbonyl (C=O) groups is 10. The van der Waals surface area contributed by atoms with E-state index in [1.165, 1.54) is 109 Å². The van der Waals surface area contributed by atoms with Crippen LogP contribution in [0.5, 0.6) is 46.0 Å². The number of nitrogens with zero attached hydrogens (tertiary/aromatic N) is 4. The zero-order valence-corrected chi connectivity index (χ0v) is 76.3. The van der Waals surface area contributed by atoms with E-state index >= 15 is 59.5 Å². The summed E-state index contributed by atoms with van der Waals surface area (Å²) in [7, 11) is 0. The zero-order valence-electron chi connectivity index (χ0n) is 76.3. The number of hydrogen-bond acceptors (Lipinski definition) is 22. The Labute approximate surface area is 825 Å². The molecule has 38 heteroatoms. The van der Waals surface area contributed by atoms with E-state index in [1.807, 2.05) is 0 Å². The largest absolute Gasteiger partial charge is 0.457 e. The first-order valence-electron chi connectivity index (χ1n) is 46.0. The van der Waals surface area contributed by atoms with Crippen molar-refractivity contribution in [2.24, 2.45) is 0 Å². The van der Waals surface area contributed by atoms with Gasteiger partial charge in [0.2, 0.25) is 0 Å². The van der Waals surface area contributed by atoms with Gasteiger partial charge in [-0.15, -0.1) is 0 Å². The van der Waals surface area contributed by atoms with Gasteiger partial charge in [0, 0.05) is 129 Å². The second kappa shape index (κ2) is 38.9. The fourth-order valence-electron chi connectivity index (χ4n) is 18.0. The molecule has 6 aliphatic rings. The average Bonchev–Trinajstić information content (AvgIpc) is 1.58. The molecule has 0 saturated carbocycles. The molecule has 8 amide bonds. The van der Waals surface area contributed by atoms with Crippen LogP contribution in [0.25, 0.3) is 87.6 Å². The van der Waals surface area contributed by atoms with Gasteiger partial charge in [-0.2, -0.15) is 43.9 Å². The molecule has 7 atom stereocenters. The van der Waals surface area contributed by atoms with Crippen LogP contribution in [0.3, 0.4) is 0 Å². The highest BCUT2D eigenvalue weighted by Gasteiger charge is 2.61. The molecular weight excluding hydrogens is 1930 g/mol. The van der Waals surface area contributed by atoms with Crippen molar-refractivity contribution in [3.05, 3.63) is 323 Å². The van der Waals surface area contributed by atoms with Crippen molar-refractivity contribution in [1.29, 1.82) is 0 Å². The number of pyridine rings is 2. The lowest BCUT2D eigenvalue weighted by molar-refractivity contribution is -0.314. The van der Waals surface area contributed by atoms with Gasteiger partial charge >= 0.3 is 36.8 Å². The molecule has 4 fully saturated rings. The lowest BCUT2D eigenvalue weighted by Crippen LogP contribution is -2.55. The van der Waals surface area contributed by atoms with Gasteiger partial charge in [-0.1, -0.05) is 97.1 Å². The van der Waals surface area contributed by atoms with Gasteiger partial charge < -0.3 is 68.6 Å². The van der Waals surface area contributed by atoms with E-state index < -0.39 is 171 Å². The van der Waals surface area contributed by atoms with E-state index in [0.29, 0.717) is 70.9 Å². The summed E-state index contributed by atoms with van der Waals surface area (Å²) in [4.78, 5) is 162. The van der Waals surface area contributed by atoms with Gasteiger partial charge in [0.15, 0.2) is 0 Å². The highest BCUT2D eigenvalue weighted by Crippen LogP contribution is 2.59. The van der Waals surface area contributed by atoms with E-state index in [-0.39, 0.29) is 149 Å². The molecule has 4 saturated heterocycles. The molecule has 6 aliphatic heterocycles. The number of ether oxygens (including phenoxy) is 10. The van der Waals surface area contributed by atoms with E-state index in [4.69, 9.17) is 37.9 Å². The predicted octanol–water partition coefficient (Wildman–Crippen LogP) is 18.7. The second-order valence-corrected chi connectivity index (χ2v) is 35.5. The van der Waals surface area contributed by atoms with E-state index in [2.05, 4.69) is 40.7 Å². The summed E-state index contributed by atoms with van der Waals surface area (Å²) in [6, 6.07) is 53.9. The van der Waals surface area contributed by atoms with Crippen LogP contribution >= 0.6 is 0 Å². The summed E-state index contributed by atoms with van der Waals surface area (Å²) >= 11 is 0. The Bertz CT molecular complexity index is 7240. The third kappa shape index (κ3) is 20.2. The molecule has 0 radical (unpaired) electrons. The third-order valence-electron chi connectivity index (χ3n) is 25.4. The first-order valence-corrected chi connectivity index (χ1v) is 46.0. The molecule has 15 aromatic rings. The number of nitrogens with one attached hydrogen (secondary N) is 4. The van der Waals surface area contributed by atoms with Crippen LogP contribution in [0.4, 0.5) is 43.9 Å². The number of fused-ring (bicyclic) bond motifs is 2. The number of benzene rings is 13. The summed E-state index contributed by atoms with van der Waals surface area (Å²) in [5, 5.41) is 8.56. The molecule has 7 unspecified atom stereocenters. The van der Waals surface area contributed by atoms with E-state index in [1.54, 1.807) is 121 Å². The number of amides is 8. The van der Waals surface area contributed by atoms with Crippen LogP contribution in [-0.2, 0) is 50.9 Å². The van der Waals surface area contributed by atoms with Crippen molar-refractivity contribution in [3.63, 3.8) is 0 Å². The standard InChI is InChI=1S/C109H76F10N8O20/c110-106(109(117,118)119)147-104(137)82(34-56-27-31-121-32-28-56)127-101(134)79-45-85(144-71-23-7-15-63(41-71)59-11-3-19-67(37-59)97(130)124-49-75-53-140-75)91-89-83(142-69-21-5-13-61(39-69)57-9-1-17-65(35-57)95(128)122-47-73-51-138-73)43-77-87-78(100(133)126(99(77)132)81(33-55-25-29-120-30-26-55)103(136)146-105(107(111,112)113)108(114,115)116)44-84(143-70-22-6-14-62(40-70)58-10-2-18-66(36-58)96(129)123-48-74-52-139-74)90(93(87)89)92-86(46-80(102(127)135)88(79)94(91)92)145-72-24-8-16-64(42-72)60-12-4-20-68(38-60)98(131)125-50-76-54-141-76/h1-32,35-46,73-76,81-82,105-106H,33-34,47-54H2,(H,122,128)(H,123,129)(H,124,130)(H,125,131). The minimum absolute atomic E-state index is 0.0254. The van der Waals surface area contributed by atoms with Crippen LogP contribution in [0.1, 0.15) is 94.0 Å². The smallest absolute Gasteiger partial charge is 0.457 e. The fourth-order valence-corrected chi connectivity index (χ4v) is 18.0. The molecular formula is C109H76F10N8O20. The van der Waals surface area contributed by atoms with E-state index in [0.717, 1.165) is 36.7 Å². The SMILES string of the molecule is O=C(NCC1CO1)c1cccc(-c2cccc(Oc3cc4c5c(cc(Oc6cccc(-c7cccc(C(=O)NCC8CO8)c7)c6)c6c7c(Oc8cccc(-c9cccc(C(=O)NCC%10CO%10)c9)c8)cc8c9c(cc(Oc%10cccc(-c%11cccc(C(=O)NCC%12CO%12)c%11)c%10)c(c3c56)c97)C(=O)N(C(Cc3ccncc3)C(=O)OC(C(F)(F)F)C(F)(F)F)C8=O)C(=O)N(C(Cc3ccncc3)C(=O)OC(F)C(F)(F)F)C4=O)c2)c1. The average molecular weight is 2010 g/mol. The van der Waals surface area contributed by atoms with Crippen molar-refractivity contribution < 1.29 is 139 Å². The van der Waals surface area contributed by atoms with Gasteiger partial charge in [-0.25, -0.2) is 9.59 Å². The highest BCUT2D eigenvalue weighted by atomic mass is 19.4. The number of rotatable bonds is 34. The van der Waals surface area contributed by atoms with Crippen molar-refractivity contribution in [3.8, 4) is 90.5 Å². The Morgan fingerprint density at radius 3 is 0.810 bits per heavy atom. The van der Waals surface area contributed by atoms with Gasteiger partial charge in [0.05, 0.1) is 73.1 Å². The molecule has 13 aromatic carbocycles. The first-order chi connectivity index (χ1) is 70.7. The first kappa shape index (κ1) is 96.1. The predicted molar refractivity (Wildman–Crippen MR) is 507 cm³/mol. The lowest BCUT2D eigenvalue weighted by atomic mass is 9.80. The molecule has 21 rings (SSSR count). The van der Waals surface area contributed by atoms with Crippen LogP contribution in [0.15, 0.2) is 267 Å². The topological polar surface area (TPSA) is 357 Å². The summed E-state index contributed by atoms with van der Waals surface area (Å²) in [5.41, 5.74) is 0.893. The number of esters is 2. The minimum Gasteiger partial charge on any atom is -0.457 e. The number of alkyl halides is 10. The number of aromatic nitrogens is 2. The molecule has 28 nitrogen and oxygen atoms in total. The van der Waals surface area contributed by atoms with Crippen LogP contribution < -0.4 is 40.2 Å². The molecule has 8 heterocycles. The van der Waals surface area contributed by atoms with Crippen molar-refractivity contribution in [1.82, 2.24) is 41.0 Å². The molecule has 0 spiro atoms. The number of carbonyl (C=O) groups excluding carboxylic acids is 10. The molecule has 4 N–H and O–H groups in total. The number of hydrogen-bond donors (Lipinski definition) is 4. The Kier molecular flexibility index (Phi) is 25.4. The summed E-state index contributed by atoms with van der Waals surface area (Å²) in [6.07, 6.45) is -26.0. The van der Waals surface area contributed by atoms with E-state index in [9.17, 15) is 32.3 Å². The minimum atomic E-state index is -6.39. The summed E-state index contributed by atoms with van der Waals surface area (Å²) < 4.78 is 209. The quantitative estimate of drug-likeness (QED) is 0.00727. The molecule has 2 aromatic heterocycles. The number of epoxide rings is 4. The maximum absolute atomic E-state index is 17.0. The monoisotopic (exact) mass is 2010 g/mol. The Morgan fingerprint density at radius 1 is 0.320 bits per heavy atom. The van der Waals surface area contributed by atoms with Gasteiger partial charge in [-0.3, -0.25) is 58.1 Å². The van der Waals surface area contributed by atoms with Gasteiger partial charge in [0.25, 0.3) is 53.4 Å². The maximum atomic E-state index is 17.0. The summed E-state index contributed by atoms with van der Waals surface area (Å²) in [6.45, 7) is 2.41. The van der Waals surface area contributed by atoms with Gasteiger partial charge in [0.1, 0.15) is 58.1 Å². The van der Waals surface area contributed by atoms with Gasteiger partial charge in [-0.05, 0) is 201 Å². The third-order valence-corrected chi connectivity index (χ3v) is 25.4. The Morgan fingerprint density at radius 2 is 0.565 bits per heavy atom. The lowest BCUT2D eigenvalue weighted by Gasteiger charge is -2.36. The van der Waals surface area contributed by atoms with Crippen molar-refractivity contribution in [2.75, 3.05) is 52.6 Å². The Balaban J connectivity index is 0.878. The summed E-state index contributed by atoms with van der Waals surface area (Å²) in [5.74, 6) is -15.4. The maximum Gasteiger partial charge on any atom is 0.457 e. The molecule has 0 bridgehead atoms. The highest BCUT2D eigenvalue weighted by molar-refractivity contribution is 6.45. The van der Waals surface area contributed by atoms with Crippen molar-refractivity contribution >= 4 is 102 Å². The Hall–Kier alpha value is -17.1. The zero-order chi connectivity index (χ0) is 102. The number of imide groups is 2. The molecule has 0 aliphatic carbocycles. The van der Waals surface area contributed by atoms with Crippen LogP contribution in [-0.4, -0.2) is 199 Å². The normalized spacial score (nSPS) is 16.8. The fraction of sp³-hybridized carbons (Fsp3) is 0.193. The second-order valence-electron chi connectivity index (χ2n) is 35.5.